The second-order valence-electron chi connectivity index (χ2n) is 5.49. The van der Waals surface area contributed by atoms with E-state index < -0.39 is 0 Å². The number of nitrogens with zero attached hydrogens (tertiary/aromatic N) is 1. The van der Waals surface area contributed by atoms with Crippen LogP contribution in [0.4, 0.5) is 5.69 Å². The average Bonchev–Trinajstić information content (AvgIpc) is 3.01. The lowest BCUT2D eigenvalue weighted by Gasteiger charge is -2.31. The number of carbonyl (C=O) groups excluding carboxylic acids is 1. The van der Waals surface area contributed by atoms with Crippen LogP contribution in [0.25, 0.3) is 0 Å². The van der Waals surface area contributed by atoms with Crippen LogP contribution in [0.1, 0.15) is 17.4 Å². The van der Waals surface area contributed by atoms with Crippen molar-refractivity contribution in [3.8, 4) is 0 Å². The van der Waals surface area contributed by atoms with Gasteiger partial charge in [0.2, 0.25) is 5.91 Å². The fourth-order valence-electron chi connectivity index (χ4n) is 2.71. The van der Waals surface area contributed by atoms with E-state index in [9.17, 15) is 4.79 Å². The number of anilines is 1. The van der Waals surface area contributed by atoms with E-state index in [-0.39, 0.29) is 11.9 Å². The van der Waals surface area contributed by atoms with Crippen LogP contribution in [0.2, 0.25) is 0 Å². The molecule has 0 saturated heterocycles. The molecule has 2 aromatic rings. The summed E-state index contributed by atoms with van der Waals surface area (Å²) in [6.07, 6.45) is 3.09. The number of carbonyl (C=O) groups is 1. The van der Waals surface area contributed by atoms with Gasteiger partial charge in [-0.2, -0.15) is 0 Å². The molecule has 1 atom stereocenters. The first kappa shape index (κ1) is 15.6. The highest BCUT2D eigenvalue weighted by Gasteiger charge is 2.25. The molecule has 1 aliphatic rings. The normalized spacial score (nSPS) is 16.1. The highest BCUT2D eigenvalue weighted by Crippen LogP contribution is 2.25. The molecule has 1 amide bonds. The third kappa shape index (κ3) is 3.37. The van der Waals surface area contributed by atoms with Crippen molar-refractivity contribution in [1.29, 1.82) is 0 Å². The van der Waals surface area contributed by atoms with Crippen LogP contribution in [-0.4, -0.2) is 29.6 Å². The van der Waals surface area contributed by atoms with Crippen molar-refractivity contribution >= 4 is 34.7 Å². The zero-order valence-electron chi connectivity index (χ0n) is 12.8. The predicted molar refractivity (Wildman–Crippen MR) is 94.7 cm³/mol. The fraction of sp³-hybridized carbons (Fsp3) is 0.353. The number of thiophene rings is 1. The summed E-state index contributed by atoms with van der Waals surface area (Å²) in [6.45, 7) is 3.82. The van der Waals surface area contributed by atoms with Crippen LogP contribution in [0.5, 0.6) is 0 Å². The summed E-state index contributed by atoms with van der Waals surface area (Å²) >= 11 is 3.50. The third-order valence-electron chi connectivity index (χ3n) is 4.10. The van der Waals surface area contributed by atoms with Crippen LogP contribution >= 0.6 is 23.1 Å². The molecule has 1 N–H and O–H groups in total. The smallest absolute Gasteiger partial charge is 0.241 e. The third-order valence-corrected chi connectivity index (χ3v) is 5.85. The van der Waals surface area contributed by atoms with Gasteiger partial charge < -0.3 is 5.32 Å². The Kier molecular flexibility index (Phi) is 4.86. The zero-order valence-corrected chi connectivity index (χ0v) is 14.5. The molecule has 1 aromatic heterocycles. The van der Waals surface area contributed by atoms with Gasteiger partial charge in [0.15, 0.2) is 0 Å². The van der Waals surface area contributed by atoms with Gasteiger partial charge in [-0.1, -0.05) is 6.07 Å². The van der Waals surface area contributed by atoms with Crippen molar-refractivity contribution in [2.45, 2.75) is 30.8 Å². The maximum atomic E-state index is 12.5. The Morgan fingerprint density at radius 1 is 1.41 bits per heavy atom. The van der Waals surface area contributed by atoms with E-state index >= 15 is 0 Å². The van der Waals surface area contributed by atoms with Gasteiger partial charge in [-0.3, -0.25) is 9.69 Å². The molecule has 1 aromatic carbocycles. The van der Waals surface area contributed by atoms with E-state index in [1.54, 1.807) is 11.8 Å². The lowest BCUT2D eigenvalue weighted by molar-refractivity contribution is -0.121. The van der Waals surface area contributed by atoms with Gasteiger partial charge in [0.1, 0.15) is 0 Å². The zero-order chi connectivity index (χ0) is 15.5. The van der Waals surface area contributed by atoms with Crippen molar-refractivity contribution in [3.05, 3.63) is 46.2 Å². The SMILES string of the molecule is CSc1cccc(NC(=O)C(C)N2CCc3sccc3C2)c1. The van der Waals surface area contributed by atoms with Gasteiger partial charge in [-0.15, -0.1) is 23.1 Å². The molecule has 0 saturated carbocycles. The minimum atomic E-state index is -0.119. The standard InChI is InChI=1S/C17H20N2OS2/c1-12(19-8-6-16-13(11-19)7-9-22-16)17(20)18-14-4-3-5-15(10-14)21-2/h3-5,7,9-10,12H,6,8,11H2,1-2H3,(H,18,20). The van der Waals surface area contributed by atoms with Crippen molar-refractivity contribution in [3.63, 3.8) is 0 Å². The maximum Gasteiger partial charge on any atom is 0.241 e. The van der Waals surface area contributed by atoms with Gasteiger partial charge in [-0.25, -0.2) is 0 Å². The first-order chi connectivity index (χ1) is 10.7. The first-order valence-corrected chi connectivity index (χ1v) is 9.52. The highest BCUT2D eigenvalue weighted by molar-refractivity contribution is 7.98. The Labute approximate surface area is 139 Å². The van der Waals surface area contributed by atoms with Crippen LogP contribution < -0.4 is 5.32 Å². The second kappa shape index (κ2) is 6.86. The maximum absolute atomic E-state index is 12.5. The van der Waals surface area contributed by atoms with Crippen molar-refractivity contribution in [2.24, 2.45) is 0 Å². The predicted octanol–water partition coefficient (Wildman–Crippen LogP) is 3.86. The molecule has 0 bridgehead atoms. The van der Waals surface area contributed by atoms with E-state index in [0.717, 1.165) is 30.1 Å². The Morgan fingerprint density at radius 2 is 2.27 bits per heavy atom. The summed E-state index contributed by atoms with van der Waals surface area (Å²) in [6, 6.07) is 10.0. The first-order valence-electron chi connectivity index (χ1n) is 7.41. The number of hydrogen-bond donors (Lipinski definition) is 1. The molecule has 3 rings (SSSR count). The van der Waals surface area contributed by atoms with E-state index in [0.29, 0.717) is 0 Å². The molecule has 0 spiro atoms. The van der Waals surface area contributed by atoms with Crippen LogP contribution in [0, 0.1) is 0 Å². The topological polar surface area (TPSA) is 32.3 Å². The summed E-state index contributed by atoms with van der Waals surface area (Å²) in [5.41, 5.74) is 2.25. The summed E-state index contributed by atoms with van der Waals surface area (Å²) in [7, 11) is 0. The van der Waals surface area contributed by atoms with Crippen LogP contribution in [0.3, 0.4) is 0 Å². The van der Waals surface area contributed by atoms with Gasteiger partial charge in [0.05, 0.1) is 6.04 Å². The molecule has 5 heteroatoms. The van der Waals surface area contributed by atoms with E-state index in [1.165, 1.54) is 10.4 Å². The van der Waals surface area contributed by atoms with Gasteiger partial charge in [-0.05, 0) is 54.8 Å². The Morgan fingerprint density at radius 3 is 3.09 bits per heavy atom. The number of rotatable bonds is 4. The molecule has 0 fully saturated rings. The fourth-order valence-corrected chi connectivity index (χ4v) is 4.06. The van der Waals surface area contributed by atoms with E-state index in [4.69, 9.17) is 0 Å². The summed E-state index contributed by atoms with van der Waals surface area (Å²) in [5.74, 6) is 0.0666. The number of thioether (sulfide) groups is 1. The molecule has 116 valence electrons. The monoisotopic (exact) mass is 332 g/mol. The van der Waals surface area contributed by atoms with E-state index in [1.807, 2.05) is 48.8 Å². The largest absolute Gasteiger partial charge is 0.325 e. The minimum absolute atomic E-state index is 0.0666. The molecule has 1 unspecified atom stereocenters. The Balaban J connectivity index is 1.65. The molecular formula is C17H20N2OS2. The van der Waals surface area contributed by atoms with Gasteiger partial charge in [0, 0.05) is 28.5 Å². The lowest BCUT2D eigenvalue weighted by atomic mass is 10.1. The number of benzene rings is 1. The van der Waals surface area contributed by atoms with Gasteiger partial charge >= 0.3 is 0 Å². The number of amides is 1. The van der Waals surface area contributed by atoms with Crippen LogP contribution in [0.15, 0.2) is 40.6 Å². The Bertz CT molecular complexity index is 668. The quantitative estimate of drug-likeness (QED) is 0.863. The molecule has 22 heavy (non-hydrogen) atoms. The number of fused-ring (bicyclic) bond motifs is 1. The average molecular weight is 332 g/mol. The molecule has 2 heterocycles. The van der Waals surface area contributed by atoms with Gasteiger partial charge in [0.25, 0.3) is 0 Å². The highest BCUT2D eigenvalue weighted by atomic mass is 32.2. The van der Waals surface area contributed by atoms with Crippen molar-refractivity contribution < 1.29 is 4.79 Å². The number of nitrogens with one attached hydrogen (secondary N) is 1. The lowest BCUT2D eigenvalue weighted by Crippen LogP contribution is -2.44. The van der Waals surface area contributed by atoms with Crippen molar-refractivity contribution in [1.82, 2.24) is 4.90 Å². The molecule has 1 aliphatic heterocycles. The summed E-state index contributed by atoms with van der Waals surface area (Å²) < 4.78 is 0. The van der Waals surface area contributed by atoms with Crippen LogP contribution in [-0.2, 0) is 17.8 Å². The second-order valence-corrected chi connectivity index (χ2v) is 7.37. The van der Waals surface area contributed by atoms with Crippen molar-refractivity contribution in [2.75, 3.05) is 18.1 Å². The summed E-state index contributed by atoms with van der Waals surface area (Å²) in [5, 5.41) is 5.19. The number of hydrogen-bond acceptors (Lipinski definition) is 4. The summed E-state index contributed by atoms with van der Waals surface area (Å²) in [4.78, 5) is 17.4. The van der Waals surface area contributed by atoms with E-state index in [2.05, 4.69) is 21.7 Å². The molecule has 0 radical (unpaired) electrons. The molecule has 3 nitrogen and oxygen atoms in total. The molecule has 0 aliphatic carbocycles. The molecular weight excluding hydrogens is 312 g/mol. The Hall–Kier alpha value is -1.30. The minimum Gasteiger partial charge on any atom is -0.325 e.